The highest BCUT2D eigenvalue weighted by Gasteiger charge is 2.29. The van der Waals surface area contributed by atoms with Gasteiger partial charge in [0.15, 0.2) is 0 Å². The Hall–Kier alpha value is -1.03. The number of anilines is 1. The van der Waals surface area contributed by atoms with Gasteiger partial charge in [-0.15, -0.1) is 0 Å². The van der Waals surface area contributed by atoms with E-state index in [4.69, 9.17) is 5.73 Å². The van der Waals surface area contributed by atoms with Crippen LogP contribution in [0.3, 0.4) is 0 Å². The fourth-order valence-electron chi connectivity index (χ4n) is 1.96. The number of halogens is 1. The minimum atomic E-state index is 0.600. The van der Waals surface area contributed by atoms with Gasteiger partial charge < -0.3 is 5.73 Å². The van der Waals surface area contributed by atoms with Crippen molar-refractivity contribution in [1.29, 1.82) is 0 Å². The number of nitrogen functional groups attached to an aromatic ring is 1. The van der Waals surface area contributed by atoms with Crippen molar-refractivity contribution in [2.45, 2.75) is 25.7 Å². The van der Waals surface area contributed by atoms with E-state index in [2.05, 4.69) is 33.9 Å². The number of imidazole rings is 1. The Kier molecular flexibility index (Phi) is 1.83. The molecule has 2 N–H and O–H groups in total. The Bertz CT molecular complexity index is 540. The number of hydrogen-bond acceptors (Lipinski definition) is 2. The molecule has 1 aliphatic carbocycles. The van der Waals surface area contributed by atoms with Crippen LogP contribution in [-0.2, 0) is 0 Å². The van der Waals surface area contributed by atoms with E-state index in [0.717, 1.165) is 27.2 Å². The van der Waals surface area contributed by atoms with Gasteiger partial charge in [0, 0.05) is 16.6 Å². The molecule has 0 amide bonds. The molecule has 1 saturated carbocycles. The smallest absolute Gasteiger partial charge is 0.141 e. The summed E-state index contributed by atoms with van der Waals surface area (Å²) in [7, 11) is 0. The summed E-state index contributed by atoms with van der Waals surface area (Å²) in [4.78, 5) is 4.63. The van der Waals surface area contributed by atoms with E-state index in [1.165, 1.54) is 12.8 Å². The summed E-state index contributed by atoms with van der Waals surface area (Å²) in [5.74, 6) is 1.40. The Morgan fingerprint density at radius 1 is 1.53 bits per heavy atom. The molecule has 0 aliphatic heterocycles. The fourth-order valence-corrected chi connectivity index (χ4v) is 2.51. The number of rotatable bonds is 1. The first-order chi connectivity index (χ1) is 7.16. The van der Waals surface area contributed by atoms with Crippen LogP contribution in [0.1, 0.15) is 30.0 Å². The van der Waals surface area contributed by atoms with E-state index in [1.54, 1.807) is 0 Å². The van der Waals surface area contributed by atoms with Crippen LogP contribution in [0.5, 0.6) is 0 Å². The summed E-state index contributed by atoms with van der Waals surface area (Å²) < 4.78 is 3.02. The zero-order valence-electron chi connectivity index (χ0n) is 8.50. The maximum absolute atomic E-state index is 6.10. The van der Waals surface area contributed by atoms with E-state index < -0.39 is 0 Å². The third kappa shape index (κ3) is 1.35. The van der Waals surface area contributed by atoms with Gasteiger partial charge in [0.25, 0.3) is 0 Å². The second-order valence-electron chi connectivity index (χ2n) is 4.19. The number of pyridine rings is 1. The van der Waals surface area contributed by atoms with Crippen LogP contribution in [0.15, 0.2) is 16.7 Å². The molecular weight excluding hydrogens is 254 g/mol. The number of nitrogens with zero attached hydrogens (tertiary/aromatic N) is 2. The van der Waals surface area contributed by atoms with Crippen LogP contribution < -0.4 is 5.73 Å². The molecule has 78 valence electrons. The molecule has 15 heavy (non-hydrogen) atoms. The zero-order valence-corrected chi connectivity index (χ0v) is 10.1. The molecule has 3 nitrogen and oxygen atoms in total. The van der Waals surface area contributed by atoms with Gasteiger partial charge in [-0.2, -0.15) is 0 Å². The Morgan fingerprint density at radius 3 is 2.93 bits per heavy atom. The number of aryl methyl sites for hydroxylation is 1. The van der Waals surface area contributed by atoms with Crippen molar-refractivity contribution in [2.24, 2.45) is 0 Å². The lowest BCUT2D eigenvalue weighted by Gasteiger charge is -2.00. The van der Waals surface area contributed by atoms with E-state index >= 15 is 0 Å². The van der Waals surface area contributed by atoms with Crippen LogP contribution in [0.2, 0.25) is 0 Å². The van der Waals surface area contributed by atoms with Gasteiger partial charge >= 0.3 is 0 Å². The van der Waals surface area contributed by atoms with E-state index in [-0.39, 0.29) is 0 Å². The molecule has 0 bridgehead atoms. The van der Waals surface area contributed by atoms with E-state index in [9.17, 15) is 0 Å². The Labute approximate surface area is 96.4 Å². The van der Waals surface area contributed by atoms with Crippen molar-refractivity contribution >= 4 is 27.4 Å². The summed E-state index contributed by atoms with van der Waals surface area (Å²) in [5, 5.41) is 0. The predicted octanol–water partition coefficient (Wildman–Crippen LogP) is 2.86. The SMILES string of the molecule is Cc1cc(Br)cn2c(N)c(C3CC3)nc12. The molecule has 0 saturated heterocycles. The highest BCUT2D eigenvalue weighted by Crippen LogP contribution is 2.42. The first kappa shape index (κ1) is 9.21. The quantitative estimate of drug-likeness (QED) is 0.862. The molecule has 2 aromatic heterocycles. The van der Waals surface area contributed by atoms with Gasteiger partial charge in [0.1, 0.15) is 11.5 Å². The zero-order chi connectivity index (χ0) is 10.6. The minimum Gasteiger partial charge on any atom is -0.383 e. The highest BCUT2D eigenvalue weighted by molar-refractivity contribution is 9.10. The van der Waals surface area contributed by atoms with Crippen LogP contribution in [0.25, 0.3) is 5.65 Å². The van der Waals surface area contributed by atoms with Gasteiger partial charge in [0.2, 0.25) is 0 Å². The normalized spacial score (nSPS) is 16.1. The van der Waals surface area contributed by atoms with Crippen LogP contribution in [0, 0.1) is 6.92 Å². The Morgan fingerprint density at radius 2 is 2.27 bits per heavy atom. The van der Waals surface area contributed by atoms with Crippen LogP contribution in [0.4, 0.5) is 5.82 Å². The maximum atomic E-state index is 6.10. The summed E-state index contributed by atoms with van der Waals surface area (Å²) >= 11 is 3.48. The molecule has 1 aliphatic rings. The molecule has 0 unspecified atom stereocenters. The van der Waals surface area contributed by atoms with Crippen molar-refractivity contribution < 1.29 is 0 Å². The molecule has 0 spiro atoms. The van der Waals surface area contributed by atoms with Gasteiger partial charge in [-0.25, -0.2) is 4.98 Å². The lowest BCUT2D eigenvalue weighted by Crippen LogP contribution is -1.95. The average Bonchev–Trinajstić information content (AvgIpc) is 2.94. The lowest BCUT2D eigenvalue weighted by atomic mass is 10.3. The number of aromatic nitrogens is 2. The molecule has 0 aromatic carbocycles. The third-order valence-corrected chi connectivity index (χ3v) is 3.33. The summed E-state index contributed by atoms with van der Waals surface area (Å²) in [6, 6.07) is 2.07. The topological polar surface area (TPSA) is 43.3 Å². The summed E-state index contributed by atoms with van der Waals surface area (Å²) in [6.07, 6.45) is 4.44. The van der Waals surface area contributed by atoms with E-state index in [1.807, 2.05) is 10.6 Å². The van der Waals surface area contributed by atoms with Crippen molar-refractivity contribution in [3.63, 3.8) is 0 Å². The third-order valence-electron chi connectivity index (χ3n) is 2.90. The molecule has 2 aromatic rings. The second kappa shape index (κ2) is 2.98. The lowest BCUT2D eigenvalue weighted by molar-refractivity contribution is 1.06. The van der Waals surface area contributed by atoms with Gasteiger partial charge in [-0.3, -0.25) is 4.40 Å². The molecule has 4 heteroatoms. The van der Waals surface area contributed by atoms with Crippen molar-refractivity contribution in [1.82, 2.24) is 9.38 Å². The molecule has 2 heterocycles. The monoisotopic (exact) mass is 265 g/mol. The Balaban J connectivity index is 2.34. The van der Waals surface area contributed by atoms with Gasteiger partial charge in [0.05, 0.1) is 5.69 Å². The van der Waals surface area contributed by atoms with Crippen molar-refractivity contribution in [2.75, 3.05) is 5.73 Å². The molecule has 1 fully saturated rings. The standard InChI is InChI=1S/C11H12BrN3/c1-6-4-8(12)5-15-10(13)9(7-2-3-7)14-11(6)15/h4-5,7H,2-3,13H2,1H3. The van der Waals surface area contributed by atoms with Crippen molar-refractivity contribution in [3.8, 4) is 0 Å². The van der Waals surface area contributed by atoms with Crippen molar-refractivity contribution in [3.05, 3.63) is 28.0 Å². The number of hydrogen-bond donors (Lipinski definition) is 1. The number of nitrogens with two attached hydrogens (primary N) is 1. The average molecular weight is 266 g/mol. The van der Waals surface area contributed by atoms with Crippen LogP contribution >= 0.6 is 15.9 Å². The summed E-state index contributed by atoms with van der Waals surface area (Å²) in [5.41, 5.74) is 9.32. The molecule has 3 rings (SSSR count). The fraction of sp³-hybridized carbons (Fsp3) is 0.364. The van der Waals surface area contributed by atoms with Gasteiger partial charge in [-0.05, 0) is 47.3 Å². The highest BCUT2D eigenvalue weighted by atomic mass is 79.9. The van der Waals surface area contributed by atoms with Gasteiger partial charge in [-0.1, -0.05) is 0 Å². The minimum absolute atomic E-state index is 0.600. The summed E-state index contributed by atoms with van der Waals surface area (Å²) in [6.45, 7) is 2.06. The first-order valence-corrected chi connectivity index (χ1v) is 5.89. The van der Waals surface area contributed by atoms with Crippen LogP contribution in [-0.4, -0.2) is 9.38 Å². The van der Waals surface area contributed by atoms with E-state index in [0.29, 0.717) is 5.92 Å². The molecule has 0 radical (unpaired) electrons. The largest absolute Gasteiger partial charge is 0.383 e. The number of fused-ring (bicyclic) bond motifs is 1. The molecular formula is C11H12BrN3. The predicted molar refractivity (Wildman–Crippen MR) is 64.0 cm³/mol. The maximum Gasteiger partial charge on any atom is 0.141 e. The second-order valence-corrected chi connectivity index (χ2v) is 5.11. The first-order valence-electron chi connectivity index (χ1n) is 5.10. The molecule has 0 atom stereocenters.